The van der Waals surface area contributed by atoms with Crippen LogP contribution in [-0.2, 0) is 4.84 Å². The molecule has 1 fully saturated rings. The molecule has 0 aromatic carbocycles. The molecule has 0 radical (unpaired) electrons. The number of hydrogen-bond donors (Lipinski definition) is 0. The van der Waals surface area contributed by atoms with Gasteiger partial charge in [0.1, 0.15) is 0 Å². The highest BCUT2D eigenvalue weighted by Gasteiger charge is 2.38. The van der Waals surface area contributed by atoms with Crippen molar-refractivity contribution in [3.8, 4) is 0 Å². The van der Waals surface area contributed by atoms with Crippen LogP contribution in [0.2, 0.25) is 0 Å². The summed E-state index contributed by atoms with van der Waals surface area (Å²) in [7, 11) is 1.40. The average molecular weight is 137 g/mol. The lowest BCUT2D eigenvalue weighted by molar-refractivity contribution is -0.133. The van der Waals surface area contributed by atoms with E-state index in [-0.39, 0.29) is 13.0 Å². The van der Waals surface area contributed by atoms with Gasteiger partial charge in [-0.1, -0.05) is 0 Å². The number of nitrogens with zero attached hydrogens (tertiary/aromatic N) is 1. The van der Waals surface area contributed by atoms with E-state index in [0.29, 0.717) is 6.54 Å². The summed E-state index contributed by atoms with van der Waals surface area (Å²) < 4.78 is 24.5. The van der Waals surface area contributed by atoms with Crippen molar-refractivity contribution in [1.29, 1.82) is 0 Å². The predicted molar refractivity (Wildman–Crippen MR) is 28.1 cm³/mol. The lowest BCUT2D eigenvalue weighted by Crippen LogP contribution is -2.24. The minimum atomic E-state index is -2.53. The molecule has 54 valence electrons. The van der Waals surface area contributed by atoms with Crippen LogP contribution in [0, 0.1) is 0 Å². The zero-order valence-corrected chi connectivity index (χ0v) is 5.23. The number of rotatable bonds is 1. The number of hydroxylamine groups is 2. The van der Waals surface area contributed by atoms with Gasteiger partial charge >= 0.3 is 0 Å². The summed E-state index contributed by atoms with van der Waals surface area (Å²) >= 11 is 0. The molecule has 1 saturated heterocycles. The fourth-order valence-electron chi connectivity index (χ4n) is 0.860. The summed E-state index contributed by atoms with van der Waals surface area (Å²) in [6.45, 7) is 0.0764. The monoisotopic (exact) mass is 137 g/mol. The second-order valence-corrected chi connectivity index (χ2v) is 2.15. The Labute approximate surface area is 52.4 Å². The maximum atomic E-state index is 12.3. The van der Waals surface area contributed by atoms with Crippen molar-refractivity contribution < 1.29 is 13.6 Å². The van der Waals surface area contributed by atoms with Crippen LogP contribution in [0.25, 0.3) is 0 Å². The van der Waals surface area contributed by atoms with E-state index < -0.39 is 5.92 Å². The standard InChI is InChI=1S/C5H9F2NO/c1-9-8-3-2-5(6,7)4-8/h2-4H2,1H3. The Morgan fingerprint density at radius 2 is 2.22 bits per heavy atom. The molecule has 0 unspecified atom stereocenters. The van der Waals surface area contributed by atoms with Crippen LogP contribution in [0.1, 0.15) is 6.42 Å². The van der Waals surface area contributed by atoms with Crippen LogP contribution in [0.4, 0.5) is 8.78 Å². The van der Waals surface area contributed by atoms with Gasteiger partial charge in [0.15, 0.2) is 0 Å². The fourth-order valence-corrected chi connectivity index (χ4v) is 0.860. The van der Waals surface area contributed by atoms with Gasteiger partial charge < -0.3 is 4.84 Å². The lowest BCUT2D eigenvalue weighted by atomic mass is 10.3. The van der Waals surface area contributed by atoms with Crippen molar-refractivity contribution >= 4 is 0 Å². The molecule has 0 atom stereocenters. The highest BCUT2D eigenvalue weighted by molar-refractivity contribution is 4.76. The van der Waals surface area contributed by atoms with Gasteiger partial charge in [0, 0.05) is 13.0 Å². The highest BCUT2D eigenvalue weighted by atomic mass is 19.3. The first-order valence-corrected chi connectivity index (χ1v) is 2.81. The maximum absolute atomic E-state index is 12.3. The average Bonchev–Trinajstić information content (AvgIpc) is 2.10. The molecule has 0 aromatic rings. The summed E-state index contributed by atoms with van der Waals surface area (Å²) in [4.78, 5) is 4.60. The Morgan fingerprint density at radius 3 is 2.44 bits per heavy atom. The smallest absolute Gasteiger partial charge is 0.264 e. The predicted octanol–water partition coefficient (Wildman–Crippen LogP) is 0.889. The zero-order chi connectivity index (χ0) is 6.91. The van der Waals surface area contributed by atoms with E-state index in [9.17, 15) is 8.78 Å². The van der Waals surface area contributed by atoms with Crippen molar-refractivity contribution in [1.82, 2.24) is 5.06 Å². The normalized spacial score (nSPS) is 27.0. The molecular formula is C5H9F2NO. The number of alkyl halides is 2. The largest absolute Gasteiger partial charge is 0.302 e. The number of halogens is 2. The van der Waals surface area contributed by atoms with Gasteiger partial charge in [-0.15, -0.1) is 0 Å². The molecular weight excluding hydrogens is 128 g/mol. The second-order valence-electron chi connectivity index (χ2n) is 2.15. The molecule has 0 aromatic heterocycles. The van der Waals surface area contributed by atoms with Crippen molar-refractivity contribution in [3.05, 3.63) is 0 Å². The molecule has 0 spiro atoms. The summed E-state index contributed by atoms with van der Waals surface area (Å²) in [6, 6.07) is 0. The Kier molecular flexibility index (Phi) is 1.68. The van der Waals surface area contributed by atoms with E-state index in [4.69, 9.17) is 0 Å². The molecule has 1 heterocycles. The van der Waals surface area contributed by atoms with Crippen LogP contribution in [0.3, 0.4) is 0 Å². The van der Waals surface area contributed by atoms with Crippen molar-refractivity contribution in [2.24, 2.45) is 0 Å². The second kappa shape index (κ2) is 2.19. The van der Waals surface area contributed by atoms with E-state index in [1.807, 2.05) is 0 Å². The Morgan fingerprint density at radius 1 is 1.56 bits per heavy atom. The highest BCUT2D eigenvalue weighted by Crippen LogP contribution is 2.26. The van der Waals surface area contributed by atoms with E-state index >= 15 is 0 Å². The maximum Gasteiger partial charge on any atom is 0.264 e. The molecule has 0 saturated carbocycles. The van der Waals surface area contributed by atoms with E-state index in [1.165, 1.54) is 12.2 Å². The summed E-state index contributed by atoms with van der Waals surface area (Å²) in [6.07, 6.45) is -0.0825. The molecule has 9 heavy (non-hydrogen) atoms. The Bertz CT molecular complexity index is 107. The van der Waals surface area contributed by atoms with Gasteiger partial charge in [-0.05, 0) is 0 Å². The van der Waals surface area contributed by atoms with Gasteiger partial charge in [0.25, 0.3) is 5.92 Å². The van der Waals surface area contributed by atoms with Crippen molar-refractivity contribution in [2.75, 3.05) is 20.2 Å². The molecule has 1 aliphatic rings. The van der Waals surface area contributed by atoms with Gasteiger partial charge in [0.2, 0.25) is 0 Å². The molecule has 2 nitrogen and oxygen atoms in total. The third-order valence-corrected chi connectivity index (χ3v) is 1.39. The Hall–Kier alpha value is -0.220. The number of hydrogen-bond acceptors (Lipinski definition) is 2. The van der Waals surface area contributed by atoms with Gasteiger partial charge in [-0.3, -0.25) is 0 Å². The summed E-state index contributed by atoms with van der Waals surface area (Å²) in [5.74, 6) is -2.53. The Balaban J connectivity index is 2.38. The minimum absolute atomic E-state index is 0.0825. The lowest BCUT2D eigenvalue weighted by Gasteiger charge is -2.10. The molecule has 4 heteroatoms. The third kappa shape index (κ3) is 1.59. The summed E-state index contributed by atoms with van der Waals surface area (Å²) in [5.41, 5.74) is 0. The molecule has 0 amide bonds. The fraction of sp³-hybridized carbons (Fsp3) is 1.00. The van der Waals surface area contributed by atoms with Gasteiger partial charge in [0.05, 0.1) is 13.7 Å². The molecule has 0 N–H and O–H groups in total. The van der Waals surface area contributed by atoms with Crippen LogP contribution in [0.15, 0.2) is 0 Å². The summed E-state index contributed by atoms with van der Waals surface area (Å²) in [5, 5.41) is 1.26. The minimum Gasteiger partial charge on any atom is -0.302 e. The van der Waals surface area contributed by atoms with Crippen LogP contribution in [-0.4, -0.2) is 31.2 Å². The van der Waals surface area contributed by atoms with Gasteiger partial charge in [-0.25, -0.2) is 8.78 Å². The molecule has 1 rings (SSSR count). The van der Waals surface area contributed by atoms with E-state index in [1.54, 1.807) is 0 Å². The first-order valence-electron chi connectivity index (χ1n) is 2.81. The van der Waals surface area contributed by atoms with E-state index in [2.05, 4.69) is 4.84 Å². The van der Waals surface area contributed by atoms with Crippen LogP contribution in [0.5, 0.6) is 0 Å². The van der Waals surface area contributed by atoms with Gasteiger partial charge in [-0.2, -0.15) is 5.06 Å². The van der Waals surface area contributed by atoms with Crippen LogP contribution >= 0.6 is 0 Å². The first-order chi connectivity index (χ1) is 4.14. The zero-order valence-electron chi connectivity index (χ0n) is 5.23. The van der Waals surface area contributed by atoms with E-state index in [0.717, 1.165) is 0 Å². The van der Waals surface area contributed by atoms with Crippen molar-refractivity contribution in [3.63, 3.8) is 0 Å². The third-order valence-electron chi connectivity index (χ3n) is 1.39. The van der Waals surface area contributed by atoms with Crippen LogP contribution < -0.4 is 0 Å². The van der Waals surface area contributed by atoms with Crippen molar-refractivity contribution in [2.45, 2.75) is 12.3 Å². The first kappa shape index (κ1) is 6.89. The molecule has 0 aliphatic carbocycles. The topological polar surface area (TPSA) is 12.5 Å². The molecule has 0 bridgehead atoms. The molecule has 1 aliphatic heterocycles. The quantitative estimate of drug-likeness (QED) is 0.532. The SMILES string of the molecule is CON1CCC(F)(F)C1.